The number of hydrogen-bond donors (Lipinski definition) is 0. The van der Waals surface area contributed by atoms with E-state index in [1.807, 2.05) is 32.9 Å². The van der Waals surface area contributed by atoms with Gasteiger partial charge in [-0.15, -0.1) is 11.8 Å². The predicted octanol–water partition coefficient (Wildman–Crippen LogP) is 3.59. The van der Waals surface area contributed by atoms with Crippen LogP contribution >= 0.6 is 11.8 Å². The first-order valence-corrected chi connectivity index (χ1v) is 10.1. The summed E-state index contributed by atoms with van der Waals surface area (Å²) in [5.41, 5.74) is 3.38. The number of nitrogens with zero attached hydrogens (tertiary/aromatic N) is 1. The molecule has 0 N–H and O–H groups in total. The molecule has 2 atom stereocenters. The number of benzene rings is 1. The van der Waals surface area contributed by atoms with Gasteiger partial charge >= 0.3 is 5.97 Å². The van der Waals surface area contributed by atoms with E-state index in [9.17, 15) is 14.4 Å². The third kappa shape index (κ3) is 3.99. The maximum absolute atomic E-state index is 12.6. The summed E-state index contributed by atoms with van der Waals surface area (Å²) in [6, 6.07) is 6.63. The second-order valence-corrected chi connectivity index (χ2v) is 8.06. The minimum absolute atomic E-state index is 0.244. The fourth-order valence-corrected chi connectivity index (χ4v) is 5.06. The quantitative estimate of drug-likeness (QED) is 0.563. The zero-order valence-electron chi connectivity index (χ0n) is 16.4. The molecule has 1 aromatic carbocycles. The molecule has 0 spiro atoms. The van der Waals surface area contributed by atoms with Crippen molar-refractivity contribution in [3.05, 3.63) is 58.5 Å². The van der Waals surface area contributed by atoms with Crippen LogP contribution in [0.2, 0.25) is 0 Å². The van der Waals surface area contributed by atoms with E-state index < -0.39 is 12.0 Å². The summed E-state index contributed by atoms with van der Waals surface area (Å²) in [6.45, 7) is 6.77. The molecule has 0 aliphatic carbocycles. The molecule has 1 amide bonds. The van der Waals surface area contributed by atoms with Gasteiger partial charge in [0.25, 0.3) is 0 Å². The molecule has 1 aliphatic rings. The van der Waals surface area contributed by atoms with Crippen LogP contribution < -0.4 is 0 Å². The second kappa shape index (κ2) is 8.22. The van der Waals surface area contributed by atoms with Gasteiger partial charge in [-0.25, -0.2) is 4.79 Å². The number of hydrogen-bond acceptors (Lipinski definition) is 6. The van der Waals surface area contributed by atoms with Crippen LogP contribution in [0, 0.1) is 20.8 Å². The SMILES string of the molecule is CC(=O)N1[C@@H](C(=O)OCC(=O)c2c(C)cc(C)cc2C)CS[C@@H]1c1ccco1. The van der Waals surface area contributed by atoms with E-state index in [0.717, 1.165) is 16.7 Å². The molecule has 3 rings (SSSR count). The zero-order valence-corrected chi connectivity index (χ0v) is 17.2. The number of carbonyl (C=O) groups excluding carboxylic acids is 3. The first kappa shape index (κ1) is 20.2. The molecule has 0 radical (unpaired) electrons. The summed E-state index contributed by atoms with van der Waals surface area (Å²) in [5, 5.41) is -0.373. The standard InChI is InChI=1S/C21H23NO5S/c1-12-8-13(2)19(14(3)9-12)17(24)10-27-21(25)16-11-28-20(22(16)15(4)23)18-6-5-7-26-18/h5-9,16,20H,10-11H2,1-4H3/t16-,20-/m1/s1. The molecule has 28 heavy (non-hydrogen) atoms. The lowest BCUT2D eigenvalue weighted by Gasteiger charge is -2.25. The Balaban J connectivity index is 1.69. The van der Waals surface area contributed by atoms with Crippen LogP contribution in [0.25, 0.3) is 0 Å². The number of aryl methyl sites for hydroxylation is 3. The van der Waals surface area contributed by atoms with Gasteiger partial charge in [0.15, 0.2) is 6.61 Å². The van der Waals surface area contributed by atoms with Gasteiger partial charge < -0.3 is 14.1 Å². The lowest BCUT2D eigenvalue weighted by molar-refractivity contribution is -0.152. The van der Waals surface area contributed by atoms with Crippen LogP contribution in [0.15, 0.2) is 34.9 Å². The lowest BCUT2D eigenvalue weighted by atomic mass is 9.97. The maximum atomic E-state index is 12.6. The van der Waals surface area contributed by atoms with Crippen LogP contribution in [-0.2, 0) is 14.3 Å². The molecule has 1 aliphatic heterocycles. The Morgan fingerprint density at radius 3 is 2.46 bits per heavy atom. The van der Waals surface area contributed by atoms with E-state index in [0.29, 0.717) is 17.1 Å². The van der Waals surface area contributed by atoms with Crippen molar-refractivity contribution in [1.82, 2.24) is 4.90 Å². The predicted molar refractivity (Wildman–Crippen MR) is 106 cm³/mol. The van der Waals surface area contributed by atoms with Gasteiger partial charge in [-0.2, -0.15) is 0 Å². The Kier molecular flexibility index (Phi) is 5.93. The number of furan rings is 1. The van der Waals surface area contributed by atoms with Crippen molar-refractivity contribution in [3.63, 3.8) is 0 Å². The van der Waals surface area contributed by atoms with Crippen molar-refractivity contribution >= 4 is 29.4 Å². The number of esters is 1. The number of ketones is 1. The highest BCUT2D eigenvalue weighted by Gasteiger charge is 2.43. The van der Waals surface area contributed by atoms with Gasteiger partial charge in [0, 0.05) is 18.2 Å². The minimum atomic E-state index is -0.745. The van der Waals surface area contributed by atoms with Gasteiger partial charge in [-0.05, 0) is 44.0 Å². The first-order valence-electron chi connectivity index (χ1n) is 9.01. The molecule has 1 aromatic heterocycles. The van der Waals surface area contributed by atoms with Gasteiger partial charge in [-0.3, -0.25) is 9.59 Å². The van der Waals surface area contributed by atoms with Gasteiger partial charge in [0.05, 0.1) is 6.26 Å². The van der Waals surface area contributed by atoms with E-state index in [1.165, 1.54) is 29.8 Å². The second-order valence-electron chi connectivity index (χ2n) is 6.95. The Bertz CT molecular complexity index is 883. The fourth-order valence-electron chi connectivity index (χ4n) is 3.65. The lowest BCUT2D eigenvalue weighted by Crippen LogP contribution is -2.43. The molecule has 7 heteroatoms. The number of ether oxygens (including phenoxy) is 1. The highest BCUT2D eigenvalue weighted by Crippen LogP contribution is 2.41. The summed E-state index contributed by atoms with van der Waals surface area (Å²) >= 11 is 1.44. The highest BCUT2D eigenvalue weighted by atomic mass is 32.2. The molecular weight excluding hydrogens is 378 g/mol. The van der Waals surface area contributed by atoms with Crippen LogP contribution in [0.1, 0.15) is 45.1 Å². The van der Waals surface area contributed by atoms with E-state index in [-0.39, 0.29) is 23.7 Å². The van der Waals surface area contributed by atoms with Gasteiger partial charge in [-0.1, -0.05) is 17.7 Å². The van der Waals surface area contributed by atoms with Gasteiger partial charge in [0.1, 0.15) is 17.2 Å². The van der Waals surface area contributed by atoms with Crippen molar-refractivity contribution < 1.29 is 23.5 Å². The Morgan fingerprint density at radius 1 is 1.21 bits per heavy atom. The Labute approximate surface area is 168 Å². The van der Waals surface area contributed by atoms with Crippen molar-refractivity contribution in [3.8, 4) is 0 Å². The number of amides is 1. The molecule has 2 aromatic rings. The molecule has 0 saturated carbocycles. The summed E-state index contributed by atoms with van der Waals surface area (Å²) < 4.78 is 10.7. The number of Topliss-reactive ketones (excluding diaryl/α,β-unsaturated/α-hetero) is 1. The summed E-state index contributed by atoms with van der Waals surface area (Å²) in [6.07, 6.45) is 1.53. The van der Waals surface area contributed by atoms with Crippen molar-refractivity contribution in [1.29, 1.82) is 0 Å². The average Bonchev–Trinajstić information content (AvgIpc) is 3.27. The van der Waals surface area contributed by atoms with E-state index in [4.69, 9.17) is 9.15 Å². The summed E-state index contributed by atoms with van der Waals surface area (Å²) in [7, 11) is 0. The third-order valence-corrected chi connectivity index (χ3v) is 6.01. The first-order chi connectivity index (χ1) is 13.3. The van der Waals surface area contributed by atoms with Crippen LogP contribution in [0.5, 0.6) is 0 Å². The largest absolute Gasteiger partial charge is 0.466 e. The molecule has 148 valence electrons. The smallest absolute Gasteiger partial charge is 0.330 e. The van der Waals surface area contributed by atoms with Crippen molar-refractivity contribution in [2.75, 3.05) is 12.4 Å². The number of carbonyl (C=O) groups is 3. The van der Waals surface area contributed by atoms with Crippen LogP contribution in [0.4, 0.5) is 0 Å². The molecule has 2 heterocycles. The Morgan fingerprint density at radius 2 is 1.89 bits per heavy atom. The van der Waals surface area contributed by atoms with Crippen LogP contribution in [0.3, 0.4) is 0 Å². The zero-order chi connectivity index (χ0) is 20.4. The third-order valence-electron chi connectivity index (χ3n) is 4.72. The summed E-state index contributed by atoms with van der Waals surface area (Å²) in [5.74, 6) is -0.0681. The van der Waals surface area contributed by atoms with Crippen molar-refractivity contribution in [2.24, 2.45) is 0 Å². The average molecular weight is 401 g/mol. The fraction of sp³-hybridized carbons (Fsp3) is 0.381. The number of thioether (sulfide) groups is 1. The topological polar surface area (TPSA) is 76.8 Å². The molecule has 1 fully saturated rings. The Hall–Kier alpha value is -2.54. The van der Waals surface area contributed by atoms with Crippen molar-refractivity contribution in [2.45, 2.75) is 39.1 Å². The van der Waals surface area contributed by atoms with Gasteiger partial charge in [0.2, 0.25) is 11.7 Å². The minimum Gasteiger partial charge on any atom is -0.466 e. The molecular formula is C21H23NO5S. The van der Waals surface area contributed by atoms with E-state index in [2.05, 4.69) is 0 Å². The molecule has 6 nitrogen and oxygen atoms in total. The normalized spacial score (nSPS) is 18.9. The molecule has 0 unspecified atom stereocenters. The monoisotopic (exact) mass is 401 g/mol. The molecule has 1 saturated heterocycles. The molecule has 0 bridgehead atoms. The number of rotatable bonds is 5. The van der Waals surface area contributed by atoms with E-state index in [1.54, 1.807) is 12.1 Å². The highest BCUT2D eigenvalue weighted by molar-refractivity contribution is 7.99. The summed E-state index contributed by atoms with van der Waals surface area (Å²) in [4.78, 5) is 38.8. The maximum Gasteiger partial charge on any atom is 0.330 e. The van der Waals surface area contributed by atoms with Crippen LogP contribution in [-0.4, -0.2) is 41.0 Å². The van der Waals surface area contributed by atoms with E-state index >= 15 is 0 Å².